The van der Waals surface area contributed by atoms with Crippen LogP contribution in [0.3, 0.4) is 0 Å². The molecule has 0 bridgehead atoms. The number of carbonyl (C=O) groups is 2. The lowest BCUT2D eigenvalue weighted by molar-refractivity contribution is -0.134. The van der Waals surface area contributed by atoms with Crippen molar-refractivity contribution in [2.24, 2.45) is 5.92 Å². The Bertz CT molecular complexity index is 888. The van der Waals surface area contributed by atoms with E-state index in [4.69, 9.17) is 4.74 Å². The molecular weight excluding hydrogens is 413 g/mol. The Kier molecular flexibility index (Phi) is 7.43. The fraction of sp³-hybridized carbons (Fsp3) is 0.600. The third-order valence-electron chi connectivity index (χ3n) is 5.20. The zero-order valence-electron chi connectivity index (χ0n) is 16.9. The van der Waals surface area contributed by atoms with Gasteiger partial charge in [-0.2, -0.15) is 0 Å². The molecule has 1 aliphatic heterocycles. The molecule has 0 spiro atoms. The van der Waals surface area contributed by atoms with E-state index in [9.17, 15) is 22.4 Å². The predicted octanol–water partition coefficient (Wildman–Crippen LogP) is 1.38. The summed E-state index contributed by atoms with van der Waals surface area (Å²) in [5, 5.41) is 5.23. The number of amides is 2. The first-order chi connectivity index (χ1) is 14.2. The molecule has 1 saturated heterocycles. The number of ether oxygens (including phenoxy) is 1. The van der Waals surface area contributed by atoms with Crippen molar-refractivity contribution in [3.8, 4) is 5.75 Å². The molecule has 1 heterocycles. The van der Waals surface area contributed by atoms with Crippen molar-refractivity contribution < 1.29 is 27.1 Å². The lowest BCUT2D eigenvalue weighted by Gasteiger charge is -2.22. The smallest absolute Gasteiger partial charge is 0.243 e. The molecule has 166 valence electrons. The summed E-state index contributed by atoms with van der Waals surface area (Å²) in [5.74, 6) is -0.632. The molecule has 2 fully saturated rings. The van der Waals surface area contributed by atoms with Gasteiger partial charge in [0, 0.05) is 12.5 Å². The molecule has 2 aliphatic rings. The summed E-state index contributed by atoms with van der Waals surface area (Å²) < 4.78 is 46.8. The number of nitrogens with one attached hydrogen (secondary N) is 3. The molecule has 2 atom stereocenters. The van der Waals surface area contributed by atoms with Crippen LogP contribution in [0.5, 0.6) is 5.75 Å². The predicted molar refractivity (Wildman–Crippen MR) is 109 cm³/mol. The van der Waals surface area contributed by atoms with Gasteiger partial charge in [-0.15, -0.1) is 0 Å². The van der Waals surface area contributed by atoms with Crippen LogP contribution in [-0.2, 0) is 19.6 Å². The minimum absolute atomic E-state index is 0.121. The molecule has 1 unspecified atom stereocenters. The monoisotopic (exact) mass is 441 g/mol. The van der Waals surface area contributed by atoms with Gasteiger partial charge < -0.3 is 10.1 Å². The first-order valence-corrected chi connectivity index (χ1v) is 11.9. The molecular formula is C20H28FN3O5S. The molecule has 1 aromatic rings. The minimum atomic E-state index is -3.57. The van der Waals surface area contributed by atoms with Gasteiger partial charge in [0.2, 0.25) is 21.8 Å². The molecule has 1 aromatic carbocycles. The first-order valence-electron chi connectivity index (χ1n) is 10.2. The average Bonchev–Trinajstić information content (AvgIpc) is 3.50. The second-order valence-electron chi connectivity index (χ2n) is 7.91. The van der Waals surface area contributed by atoms with Crippen molar-refractivity contribution in [2.45, 2.75) is 51.1 Å². The SMILES string of the molecule is C[C@@H](NS(=O)(=O)CCCNC1CCC(=O)NC1=O)c1ccc(F)c(OCC2CC2)c1. The fourth-order valence-corrected chi connectivity index (χ4v) is 4.53. The second kappa shape index (κ2) is 9.84. The summed E-state index contributed by atoms with van der Waals surface area (Å²) in [5.41, 5.74) is 0.618. The lowest BCUT2D eigenvalue weighted by Crippen LogP contribution is -2.51. The van der Waals surface area contributed by atoms with Gasteiger partial charge >= 0.3 is 0 Å². The van der Waals surface area contributed by atoms with Crippen LogP contribution < -0.4 is 20.1 Å². The largest absolute Gasteiger partial charge is 0.490 e. The third-order valence-corrected chi connectivity index (χ3v) is 6.74. The Balaban J connectivity index is 1.45. The van der Waals surface area contributed by atoms with Crippen molar-refractivity contribution in [2.75, 3.05) is 18.9 Å². The van der Waals surface area contributed by atoms with Gasteiger partial charge in [-0.25, -0.2) is 17.5 Å². The minimum Gasteiger partial charge on any atom is -0.490 e. The molecule has 8 nitrogen and oxygen atoms in total. The topological polar surface area (TPSA) is 114 Å². The summed E-state index contributed by atoms with van der Waals surface area (Å²) in [6.07, 6.45) is 3.16. The van der Waals surface area contributed by atoms with Crippen LogP contribution in [0.1, 0.15) is 50.6 Å². The maximum atomic E-state index is 13.9. The van der Waals surface area contributed by atoms with E-state index < -0.39 is 27.9 Å². The highest BCUT2D eigenvalue weighted by Crippen LogP contribution is 2.31. The van der Waals surface area contributed by atoms with E-state index >= 15 is 0 Å². The molecule has 30 heavy (non-hydrogen) atoms. The van der Waals surface area contributed by atoms with Gasteiger partial charge in [0.05, 0.1) is 18.4 Å². The van der Waals surface area contributed by atoms with Crippen molar-refractivity contribution >= 4 is 21.8 Å². The number of hydrogen-bond acceptors (Lipinski definition) is 6. The molecule has 3 rings (SSSR count). The van der Waals surface area contributed by atoms with E-state index in [-0.39, 0.29) is 29.7 Å². The van der Waals surface area contributed by atoms with Gasteiger partial charge in [0.15, 0.2) is 11.6 Å². The Morgan fingerprint density at radius 3 is 2.73 bits per heavy atom. The Morgan fingerprint density at radius 1 is 1.27 bits per heavy atom. The van der Waals surface area contributed by atoms with Gasteiger partial charge in [0.25, 0.3) is 0 Å². The van der Waals surface area contributed by atoms with Gasteiger partial charge in [-0.05, 0) is 62.8 Å². The van der Waals surface area contributed by atoms with Crippen molar-refractivity contribution in [1.82, 2.24) is 15.4 Å². The average molecular weight is 442 g/mol. The molecule has 2 amide bonds. The Labute approximate surface area is 176 Å². The van der Waals surface area contributed by atoms with E-state index in [0.29, 0.717) is 37.5 Å². The van der Waals surface area contributed by atoms with Crippen molar-refractivity contribution in [1.29, 1.82) is 0 Å². The molecule has 0 aromatic heterocycles. The standard InChI is InChI=1S/C20H28FN3O5S/c1-13(15-5-6-16(21)18(11-15)29-12-14-3-4-14)24-30(27,28)10-2-9-22-17-7-8-19(25)23-20(17)26/h5-6,11,13-14,17,22,24H,2-4,7-10,12H2,1H3,(H,23,25,26)/t13-,17?/m1/s1. The fourth-order valence-electron chi connectivity index (χ4n) is 3.22. The number of piperidine rings is 1. The van der Waals surface area contributed by atoms with E-state index in [2.05, 4.69) is 15.4 Å². The van der Waals surface area contributed by atoms with E-state index in [1.54, 1.807) is 6.92 Å². The van der Waals surface area contributed by atoms with E-state index in [1.807, 2.05) is 0 Å². The molecule has 3 N–H and O–H groups in total. The maximum Gasteiger partial charge on any atom is 0.243 e. The van der Waals surface area contributed by atoms with Crippen LogP contribution in [-0.4, -0.2) is 45.2 Å². The number of imide groups is 1. The summed E-state index contributed by atoms with van der Waals surface area (Å²) in [6.45, 7) is 2.50. The highest BCUT2D eigenvalue weighted by Gasteiger charge is 2.26. The quantitative estimate of drug-likeness (QED) is 0.353. The van der Waals surface area contributed by atoms with Crippen molar-refractivity contribution in [3.63, 3.8) is 0 Å². The highest BCUT2D eigenvalue weighted by molar-refractivity contribution is 7.89. The maximum absolute atomic E-state index is 13.9. The lowest BCUT2D eigenvalue weighted by atomic mass is 10.1. The van der Waals surface area contributed by atoms with Crippen LogP contribution in [0.4, 0.5) is 4.39 Å². The summed E-state index contributed by atoms with van der Waals surface area (Å²) in [6, 6.07) is 3.34. The van der Waals surface area contributed by atoms with Gasteiger partial charge in [0.1, 0.15) is 0 Å². The summed E-state index contributed by atoms with van der Waals surface area (Å²) in [4.78, 5) is 22.8. The summed E-state index contributed by atoms with van der Waals surface area (Å²) >= 11 is 0. The number of hydrogen-bond donors (Lipinski definition) is 3. The zero-order chi connectivity index (χ0) is 21.7. The van der Waals surface area contributed by atoms with Gasteiger partial charge in [-0.1, -0.05) is 6.07 Å². The van der Waals surface area contributed by atoms with Crippen LogP contribution in [0, 0.1) is 11.7 Å². The second-order valence-corrected chi connectivity index (χ2v) is 9.79. The van der Waals surface area contributed by atoms with Crippen molar-refractivity contribution in [3.05, 3.63) is 29.6 Å². The van der Waals surface area contributed by atoms with Gasteiger partial charge in [-0.3, -0.25) is 14.9 Å². The molecule has 0 radical (unpaired) electrons. The van der Waals surface area contributed by atoms with E-state index in [1.165, 1.54) is 18.2 Å². The Hall–Kier alpha value is -2.04. The molecule has 10 heteroatoms. The Morgan fingerprint density at radius 2 is 2.03 bits per heavy atom. The third kappa shape index (κ3) is 6.75. The normalized spacial score (nSPS) is 20.7. The summed E-state index contributed by atoms with van der Waals surface area (Å²) in [7, 11) is -3.57. The molecule has 1 saturated carbocycles. The zero-order valence-corrected chi connectivity index (χ0v) is 17.8. The number of carbonyl (C=O) groups excluding carboxylic acids is 2. The van der Waals surface area contributed by atoms with E-state index in [0.717, 1.165) is 12.8 Å². The number of sulfonamides is 1. The van der Waals surface area contributed by atoms with Crippen LogP contribution in [0.2, 0.25) is 0 Å². The number of benzene rings is 1. The number of rotatable bonds is 11. The van der Waals surface area contributed by atoms with Crippen LogP contribution >= 0.6 is 0 Å². The highest BCUT2D eigenvalue weighted by atomic mass is 32.2. The molecule has 1 aliphatic carbocycles. The van der Waals surface area contributed by atoms with Crippen LogP contribution in [0.25, 0.3) is 0 Å². The number of halogens is 1. The van der Waals surface area contributed by atoms with Crippen LogP contribution in [0.15, 0.2) is 18.2 Å². The first kappa shape index (κ1) is 22.6.